The van der Waals surface area contributed by atoms with Gasteiger partial charge in [0.05, 0.1) is 11.1 Å². The molecule has 1 aliphatic rings. The largest absolute Gasteiger partial charge is 0.414 e. The highest BCUT2D eigenvalue weighted by Gasteiger charge is 2.37. The van der Waals surface area contributed by atoms with E-state index in [1.165, 1.54) is 47.6 Å². The molecule has 0 bridgehead atoms. The summed E-state index contributed by atoms with van der Waals surface area (Å²) in [5, 5.41) is 9.64. The molecule has 3 rings (SSSR count). The van der Waals surface area contributed by atoms with E-state index in [0.29, 0.717) is 17.9 Å². The minimum Gasteiger partial charge on any atom is -0.408 e. The second kappa shape index (κ2) is 13.1. The Kier molecular flexibility index (Phi) is 10.1. The van der Waals surface area contributed by atoms with Gasteiger partial charge in [0.2, 0.25) is 5.91 Å². The fourth-order valence-electron chi connectivity index (χ4n) is 3.92. The normalized spacial score (nSPS) is 18.5. The smallest absolute Gasteiger partial charge is 0.408 e. The van der Waals surface area contributed by atoms with Gasteiger partial charge in [0, 0.05) is 51.7 Å². The summed E-state index contributed by atoms with van der Waals surface area (Å²) in [7, 11) is 6.29. The van der Waals surface area contributed by atoms with Crippen LogP contribution in [-0.2, 0) is 14.4 Å². The lowest BCUT2D eigenvalue weighted by molar-refractivity contribution is -0.137. The summed E-state index contributed by atoms with van der Waals surface area (Å²) in [6.45, 7) is 0. The van der Waals surface area contributed by atoms with E-state index in [1.54, 1.807) is 14.1 Å². The van der Waals surface area contributed by atoms with E-state index in [0.717, 1.165) is 11.3 Å². The predicted molar refractivity (Wildman–Crippen MR) is 146 cm³/mol. The average molecular weight is 599 g/mol. The molecule has 3 atom stereocenters. The van der Waals surface area contributed by atoms with Crippen LogP contribution < -0.4 is 20.7 Å². The minimum absolute atomic E-state index is 0.0344. The van der Waals surface area contributed by atoms with Crippen molar-refractivity contribution in [3.8, 4) is 5.75 Å². The third kappa shape index (κ3) is 7.80. The molecule has 1 fully saturated rings. The van der Waals surface area contributed by atoms with E-state index < -0.39 is 41.8 Å². The average Bonchev–Trinajstić information content (AvgIpc) is 3.25. The fraction of sp³-hybridized carbons (Fsp3) is 0.417. The molecule has 2 aromatic rings. The van der Waals surface area contributed by atoms with E-state index in [1.807, 2.05) is 0 Å². The lowest BCUT2D eigenvalue weighted by atomic mass is 9.81. The summed E-state index contributed by atoms with van der Waals surface area (Å²) in [6, 6.07) is 1.61. The number of hydrogen-bond donors (Lipinski definition) is 3. The van der Waals surface area contributed by atoms with Crippen molar-refractivity contribution < 1.29 is 28.7 Å². The fourth-order valence-corrected chi connectivity index (χ4v) is 5.17. The summed E-state index contributed by atoms with van der Waals surface area (Å²) >= 11 is 13.1. The van der Waals surface area contributed by atoms with Crippen LogP contribution in [0.3, 0.4) is 0 Å². The van der Waals surface area contributed by atoms with Crippen molar-refractivity contribution in [1.82, 2.24) is 25.4 Å². The van der Waals surface area contributed by atoms with Gasteiger partial charge in [-0.25, -0.2) is 9.78 Å². The number of carbonyl (C=O) groups is 5. The molecule has 2 aromatic heterocycles. The highest BCUT2D eigenvalue weighted by atomic mass is 35.5. The van der Waals surface area contributed by atoms with Gasteiger partial charge in [0.15, 0.2) is 5.75 Å². The first-order chi connectivity index (χ1) is 18.4. The Bertz CT molecular complexity index is 1250. The number of aromatic nitrogens is 1. The molecule has 3 N–H and O–H groups in total. The maximum atomic E-state index is 13.2. The summed E-state index contributed by atoms with van der Waals surface area (Å²) in [5.74, 6) is -2.79. The number of pyridine rings is 1. The number of hydrogen-bond acceptors (Lipinski definition) is 8. The number of rotatable bonds is 6. The van der Waals surface area contributed by atoms with Gasteiger partial charge in [-0.05, 0) is 31.4 Å². The first kappa shape index (κ1) is 30.1. The van der Waals surface area contributed by atoms with Gasteiger partial charge < -0.3 is 30.5 Å². The summed E-state index contributed by atoms with van der Waals surface area (Å²) < 4.78 is 5.18. The van der Waals surface area contributed by atoms with Gasteiger partial charge in [0.25, 0.3) is 5.91 Å². The molecule has 0 spiro atoms. The summed E-state index contributed by atoms with van der Waals surface area (Å²) in [6.07, 6.45) is 1.66. The van der Waals surface area contributed by atoms with Crippen LogP contribution in [0.5, 0.6) is 5.75 Å². The first-order valence-corrected chi connectivity index (χ1v) is 13.4. The van der Waals surface area contributed by atoms with E-state index in [-0.39, 0.29) is 33.8 Å². The molecule has 0 aliphatic heterocycles. The topological polar surface area (TPSA) is 150 Å². The van der Waals surface area contributed by atoms with Gasteiger partial charge in [0.1, 0.15) is 15.7 Å². The molecule has 210 valence electrons. The highest BCUT2D eigenvalue weighted by Crippen LogP contribution is 2.35. The Morgan fingerprint density at radius 1 is 0.974 bits per heavy atom. The Morgan fingerprint density at radius 2 is 1.69 bits per heavy atom. The lowest BCUT2D eigenvalue weighted by Gasteiger charge is -2.37. The lowest BCUT2D eigenvalue weighted by Crippen LogP contribution is -2.57. The molecule has 1 aliphatic carbocycles. The van der Waals surface area contributed by atoms with Gasteiger partial charge >= 0.3 is 17.9 Å². The van der Waals surface area contributed by atoms with Crippen molar-refractivity contribution >= 4 is 70.1 Å². The molecule has 0 unspecified atom stereocenters. The molecule has 0 aromatic carbocycles. The zero-order chi connectivity index (χ0) is 28.9. The number of halogens is 2. The van der Waals surface area contributed by atoms with Crippen molar-refractivity contribution in [3.05, 3.63) is 38.6 Å². The van der Waals surface area contributed by atoms with Crippen molar-refractivity contribution in [2.75, 3.05) is 33.5 Å². The molecule has 39 heavy (non-hydrogen) atoms. The van der Waals surface area contributed by atoms with E-state index in [4.69, 9.17) is 27.9 Å². The summed E-state index contributed by atoms with van der Waals surface area (Å²) in [5.41, 5.74) is 0. The van der Waals surface area contributed by atoms with Crippen molar-refractivity contribution in [2.45, 2.75) is 31.3 Å². The molecular weight excluding hydrogens is 571 g/mol. The van der Waals surface area contributed by atoms with E-state index in [9.17, 15) is 24.0 Å². The Hall–Kier alpha value is -3.42. The van der Waals surface area contributed by atoms with Crippen LogP contribution in [0.15, 0.2) is 23.7 Å². The van der Waals surface area contributed by atoms with Gasteiger partial charge in [-0.2, -0.15) is 0 Å². The number of ether oxygens (including phenoxy) is 1. The van der Waals surface area contributed by atoms with Crippen molar-refractivity contribution in [2.24, 2.45) is 5.92 Å². The molecule has 12 nitrogen and oxygen atoms in total. The van der Waals surface area contributed by atoms with Crippen LogP contribution in [0.4, 0.5) is 10.6 Å². The van der Waals surface area contributed by atoms with Crippen molar-refractivity contribution in [1.29, 1.82) is 0 Å². The number of nitrogens with one attached hydrogen (secondary N) is 3. The molecule has 2 heterocycles. The standard InChI is InChI=1S/C24H28Cl2N6O6S/c1-31(2)23(36)12-5-7-14(28-21(34)22(35)30-17-8-6-13(25)10-27-17)15(9-12)29-20(33)19-18(26)16(11-39-19)38-24(37)32(3)4/h6,8,10-12,14-15H,5,7,9H2,1-4H3,(H,28,34)(H,29,33)(H,27,30,35)/t12-,14-,15+/m0/s1. The Morgan fingerprint density at radius 3 is 2.31 bits per heavy atom. The molecule has 0 saturated heterocycles. The van der Waals surface area contributed by atoms with Gasteiger partial charge in [-0.1, -0.05) is 23.2 Å². The van der Waals surface area contributed by atoms with Gasteiger partial charge in [-0.15, -0.1) is 11.3 Å². The second-order valence-corrected chi connectivity index (χ2v) is 10.9. The van der Waals surface area contributed by atoms with E-state index >= 15 is 0 Å². The SMILES string of the molecule is CN(C)C(=O)Oc1csc(C(=O)N[C@@H]2C[C@@H](C(=O)N(C)C)CC[C@@H]2NC(=O)C(=O)Nc2ccc(Cl)cn2)c1Cl. The van der Waals surface area contributed by atoms with E-state index in [2.05, 4.69) is 20.9 Å². The molecule has 5 amide bonds. The van der Waals surface area contributed by atoms with Crippen LogP contribution in [0.1, 0.15) is 28.9 Å². The Balaban J connectivity index is 1.74. The maximum Gasteiger partial charge on any atom is 0.414 e. The highest BCUT2D eigenvalue weighted by molar-refractivity contribution is 7.13. The monoisotopic (exact) mass is 598 g/mol. The van der Waals surface area contributed by atoms with Gasteiger partial charge in [-0.3, -0.25) is 19.2 Å². The number of amides is 5. The zero-order valence-electron chi connectivity index (χ0n) is 21.6. The van der Waals surface area contributed by atoms with Crippen LogP contribution in [-0.4, -0.2) is 84.8 Å². The van der Waals surface area contributed by atoms with Crippen LogP contribution in [0.2, 0.25) is 10.0 Å². The van der Waals surface area contributed by atoms with Crippen LogP contribution >= 0.6 is 34.5 Å². The quantitative estimate of drug-likeness (QED) is 0.432. The van der Waals surface area contributed by atoms with Crippen LogP contribution in [0, 0.1) is 5.92 Å². The number of anilines is 1. The second-order valence-electron chi connectivity index (χ2n) is 9.22. The number of nitrogens with zero attached hydrogens (tertiary/aromatic N) is 3. The minimum atomic E-state index is -0.949. The molecule has 0 radical (unpaired) electrons. The predicted octanol–water partition coefficient (Wildman–Crippen LogP) is 2.62. The molecule has 1 saturated carbocycles. The van der Waals surface area contributed by atoms with Crippen molar-refractivity contribution in [3.63, 3.8) is 0 Å². The number of carbonyl (C=O) groups excluding carboxylic acids is 5. The zero-order valence-corrected chi connectivity index (χ0v) is 23.9. The Labute approximate surface area is 239 Å². The summed E-state index contributed by atoms with van der Waals surface area (Å²) in [4.78, 5) is 69.6. The number of thiophene rings is 1. The third-order valence-corrected chi connectivity index (χ3v) is 7.58. The van der Waals surface area contributed by atoms with Crippen LogP contribution in [0.25, 0.3) is 0 Å². The molecule has 15 heteroatoms. The molecular formula is C24H28Cl2N6O6S. The first-order valence-electron chi connectivity index (χ1n) is 11.8. The third-order valence-electron chi connectivity index (χ3n) is 5.92. The maximum absolute atomic E-state index is 13.2.